The molecule has 0 aliphatic rings. The SMILES string of the molecule is CCO/N=C/c1ccc(-c2ccccc2NC(=O)c2c(C)nn(C)c2F)cc1. The highest BCUT2D eigenvalue weighted by atomic mass is 19.1. The van der Waals surface area contributed by atoms with Gasteiger partial charge in [-0.15, -0.1) is 0 Å². The van der Waals surface area contributed by atoms with E-state index in [1.54, 1.807) is 19.2 Å². The minimum Gasteiger partial charge on any atom is -0.396 e. The lowest BCUT2D eigenvalue weighted by Gasteiger charge is -2.11. The van der Waals surface area contributed by atoms with Crippen LogP contribution in [-0.2, 0) is 11.9 Å². The second-order valence-electron chi connectivity index (χ2n) is 6.15. The second-order valence-corrected chi connectivity index (χ2v) is 6.15. The summed E-state index contributed by atoms with van der Waals surface area (Å²) in [6, 6.07) is 15.0. The Labute approximate surface area is 162 Å². The third kappa shape index (κ3) is 4.09. The number of hydrogen-bond donors (Lipinski definition) is 1. The molecule has 1 N–H and O–H groups in total. The molecular formula is C21H21FN4O2. The number of nitrogens with one attached hydrogen (secondary N) is 1. The number of oxime groups is 1. The summed E-state index contributed by atoms with van der Waals surface area (Å²) < 4.78 is 15.2. The number of carbonyl (C=O) groups excluding carboxylic acids is 1. The van der Waals surface area contributed by atoms with Gasteiger partial charge in [-0.2, -0.15) is 9.49 Å². The molecule has 0 spiro atoms. The molecule has 0 atom stereocenters. The second kappa shape index (κ2) is 8.47. The number of benzene rings is 2. The predicted octanol–water partition coefficient (Wildman–Crippen LogP) is 4.16. The van der Waals surface area contributed by atoms with E-state index in [0.29, 0.717) is 18.0 Å². The average Bonchev–Trinajstić information content (AvgIpc) is 2.95. The maximum atomic E-state index is 14.2. The van der Waals surface area contributed by atoms with E-state index in [2.05, 4.69) is 15.6 Å². The quantitative estimate of drug-likeness (QED) is 0.516. The number of aryl methyl sites for hydroxylation is 2. The van der Waals surface area contributed by atoms with Crippen molar-refractivity contribution >= 4 is 17.8 Å². The summed E-state index contributed by atoms with van der Waals surface area (Å²) in [5.74, 6) is -1.19. The monoisotopic (exact) mass is 380 g/mol. The van der Waals surface area contributed by atoms with Gasteiger partial charge in [-0.1, -0.05) is 47.6 Å². The molecule has 2 aromatic carbocycles. The molecule has 0 aliphatic carbocycles. The molecule has 0 saturated heterocycles. The molecule has 3 rings (SSSR count). The number of rotatable bonds is 6. The van der Waals surface area contributed by atoms with Crippen LogP contribution >= 0.6 is 0 Å². The first-order valence-electron chi connectivity index (χ1n) is 8.86. The van der Waals surface area contributed by atoms with E-state index in [9.17, 15) is 9.18 Å². The van der Waals surface area contributed by atoms with Gasteiger partial charge in [-0.3, -0.25) is 4.79 Å². The van der Waals surface area contributed by atoms with E-state index >= 15 is 0 Å². The Balaban J connectivity index is 1.86. The van der Waals surface area contributed by atoms with Crippen LogP contribution in [0.15, 0.2) is 53.7 Å². The zero-order chi connectivity index (χ0) is 20.1. The van der Waals surface area contributed by atoms with E-state index in [0.717, 1.165) is 21.4 Å². The van der Waals surface area contributed by atoms with Crippen molar-refractivity contribution in [2.24, 2.45) is 12.2 Å². The van der Waals surface area contributed by atoms with Crippen LogP contribution in [0, 0.1) is 12.9 Å². The number of para-hydroxylation sites is 1. The van der Waals surface area contributed by atoms with Crippen LogP contribution in [0.5, 0.6) is 0 Å². The number of anilines is 1. The summed E-state index contributed by atoms with van der Waals surface area (Å²) in [6.07, 6.45) is 1.63. The molecule has 0 unspecified atom stereocenters. The van der Waals surface area contributed by atoms with E-state index in [1.165, 1.54) is 7.05 Å². The van der Waals surface area contributed by atoms with Gasteiger partial charge in [0.25, 0.3) is 5.91 Å². The predicted molar refractivity (Wildman–Crippen MR) is 107 cm³/mol. The molecule has 6 nitrogen and oxygen atoms in total. The third-order valence-electron chi connectivity index (χ3n) is 4.18. The first kappa shape index (κ1) is 19.3. The van der Waals surface area contributed by atoms with Crippen LogP contribution in [0.2, 0.25) is 0 Å². The molecule has 1 amide bonds. The van der Waals surface area contributed by atoms with Crippen LogP contribution in [0.4, 0.5) is 10.1 Å². The van der Waals surface area contributed by atoms with Crippen molar-refractivity contribution in [2.45, 2.75) is 13.8 Å². The minimum absolute atomic E-state index is 0.0558. The van der Waals surface area contributed by atoms with Gasteiger partial charge < -0.3 is 10.2 Å². The molecule has 0 radical (unpaired) electrons. The molecule has 3 aromatic rings. The molecule has 1 heterocycles. The van der Waals surface area contributed by atoms with Gasteiger partial charge in [0, 0.05) is 18.3 Å². The van der Waals surface area contributed by atoms with E-state index in [1.807, 2.05) is 49.4 Å². The number of carbonyl (C=O) groups is 1. The smallest absolute Gasteiger partial charge is 0.262 e. The number of hydrogen-bond acceptors (Lipinski definition) is 4. The highest BCUT2D eigenvalue weighted by molar-refractivity contribution is 6.07. The zero-order valence-corrected chi connectivity index (χ0v) is 15.9. The lowest BCUT2D eigenvalue weighted by molar-refractivity contribution is 0.102. The van der Waals surface area contributed by atoms with Crippen LogP contribution < -0.4 is 5.32 Å². The van der Waals surface area contributed by atoms with Crippen molar-refractivity contribution < 1.29 is 14.0 Å². The summed E-state index contributed by atoms with van der Waals surface area (Å²) in [5, 5.41) is 10.6. The van der Waals surface area contributed by atoms with Gasteiger partial charge in [0.2, 0.25) is 5.95 Å². The van der Waals surface area contributed by atoms with E-state index in [-0.39, 0.29) is 5.56 Å². The number of aromatic nitrogens is 2. The maximum absolute atomic E-state index is 14.2. The summed E-state index contributed by atoms with van der Waals surface area (Å²) in [7, 11) is 1.46. The Bertz CT molecular complexity index is 1010. The summed E-state index contributed by atoms with van der Waals surface area (Å²) in [5.41, 5.74) is 3.50. The van der Waals surface area contributed by atoms with Gasteiger partial charge in [0.15, 0.2) is 0 Å². The van der Waals surface area contributed by atoms with Gasteiger partial charge in [0.1, 0.15) is 12.2 Å². The molecule has 144 valence electrons. The highest BCUT2D eigenvalue weighted by Crippen LogP contribution is 2.28. The number of nitrogens with zero attached hydrogens (tertiary/aromatic N) is 3. The molecule has 28 heavy (non-hydrogen) atoms. The highest BCUT2D eigenvalue weighted by Gasteiger charge is 2.21. The largest absolute Gasteiger partial charge is 0.396 e. The Morgan fingerprint density at radius 3 is 2.61 bits per heavy atom. The van der Waals surface area contributed by atoms with Crippen LogP contribution in [0.25, 0.3) is 11.1 Å². The molecule has 0 aliphatic heterocycles. The number of halogens is 1. The molecular weight excluding hydrogens is 359 g/mol. The van der Waals surface area contributed by atoms with Gasteiger partial charge >= 0.3 is 0 Å². The van der Waals surface area contributed by atoms with Gasteiger partial charge in [-0.25, -0.2) is 4.68 Å². The van der Waals surface area contributed by atoms with Crippen LogP contribution in [0.1, 0.15) is 28.5 Å². The number of amides is 1. The summed E-state index contributed by atoms with van der Waals surface area (Å²) in [4.78, 5) is 17.6. The van der Waals surface area contributed by atoms with Crippen molar-refractivity contribution in [3.63, 3.8) is 0 Å². The zero-order valence-electron chi connectivity index (χ0n) is 15.9. The Morgan fingerprint density at radius 1 is 1.25 bits per heavy atom. The van der Waals surface area contributed by atoms with E-state index < -0.39 is 11.9 Å². The Kier molecular flexibility index (Phi) is 5.84. The first-order valence-corrected chi connectivity index (χ1v) is 8.86. The van der Waals surface area contributed by atoms with Crippen LogP contribution in [0.3, 0.4) is 0 Å². The van der Waals surface area contributed by atoms with Crippen LogP contribution in [-0.4, -0.2) is 28.5 Å². The summed E-state index contributed by atoms with van der Waals surface area (Å²) >= 11 is 0. The fraction of sp³-hybridized carbons (Fsp3) is 0.190. The molecule has 0 bridgehead atoms. The molecule has 1 aromatic heterocycles. The summed E-state index contributed by atoms with van der Waals surface area (Å²) in [6.45, 7) is 3.98. The third-order valence-corrected chi connectivity index (χ3v) is 4.18. The lowest BCUT2D eigenvalue weighted by atomic mass is 10.0. The average molecular weight is 380 g/mol. The Hall–Kier alpha value is -3.48. The van der Waals surface area contributed by atoms with Crippen molar-refractivity contribution in [1.82, 2.24) is 9.78 Å². The molecule has 0 saturated carbocycles. The topological polar surface area (TPSA) is 68.5 Å². The van der Waals surface area contributed by atoms with Crippen molar-refractivity contribution in [3.05, 3.63) is 71.3 Å². The lowest BCUT2D eigenvalue weighted by Crippen LogP contribution is -2.15. The van der Waals surface area contributed by atoms with Gasteiger partial charge in [0.05, 0.1) is 11.9 Å². The van der Waals surface area contributed by atoms with Gasteiger partial charge in [-0.05, 0) is 31.0 Å². The fourth-order valence-corrected chi connectivity index (χ4v) is 2.84. The normalized spacial score (nSPS) is 11.0. The Morgan fingerprint density at radius 2 is 1.96 bits per heavy atom. The van der Waals surface area contributed by atoms with Crippen molar-refractivity contribution in [3.8, 4) is 11.1 Å². The molecule has 7 heteroatoms. The fourth-order valence-electron chi connectivity index (χ4n) is 2.84. The first-order chi connectivity index (χ1) is 13.5. The van der Waals surface area contributed by atoms with E-state index in [4.69, 9.17) is 4.84 Å². The standard InChI is InChI=1S/C21H21FN4O2/c1-4-28-23-13-15-9-11-16(12-10-15)17-7-5-6-8-18(17)24-21(27)19-14(2)25-26(3)20(19)22/h5-13H,4H2,1-3H3,(H,24,27)/b23-13+. The minimum atomic E-state index is -0.662. The molecule has 0 fully saturated rings. The van der Waals surface area contributed by atoms with Crippen molar-refractivity contribution in [2.75, 3.05) is 11.9 Å². The maximum Gasteiger partial charge on any atom is 0.262 e. The van der Waals surface area contributed by atoms with Crippen molar-refractivity contribution in [1.29, 1.82) is 0 Å².